The van der Waals surface area contributed by atoms with Crippen molar-refractivity contribution in [3.8, 4) is 10.6 Å². The second kappa shape index (κ2) is 3.31. The Morgan fingerprint density at radius 3 is 3.13 bits per heavy atom. The van der Waals surface area contributed by atoms with Gasteiger partial charge < -0.3 is 0 Å². The number of thiophene rings is 1. The number of fused-ring (bicyclic) bond motifs is 1. The monoisotopic (exact) mass is 218 g/mol. The van der Waals surface area contributed by atoms with Gasteiger partial charge in [0.15, 0.2) is 5.78 Å². The van der Waals surface area contributed by atoms with Crippen LogP contribution in [0.5, 0.6) is 0 Å². The Balaban J connectivity index is 2.15. The summed E-state index contributed by atoms with van der Waals surface area (Å²) in [4.78, 5) is 12.8. The number of carbonyl (C=O) groups excluding carboxylic acids is 1. The van der Waals surface area contributed by atoms with Crippen LogP contribution < -0.4 is 0 Å². The maximum absolute atomic E-state index is 11.6. The smallest absolute Gasteiger partial charge is 0.164 e. The Labute approximate surface area is 91.1 Å². The number of ketones is 1. The average molecular weight is 218 g/mol. The molecular weight excluding hydrogens is 208 g/mol. The molecule has 0 aromatic carbocycles. The van der Waals surface area contributed by atoms with Crippen molar-refractivity contribution in [1.29, 1.82) is 0 Å². The zero-order valence-electron chi connectivity index (χ0n) is 8.12. The van der Waals surface area contributed by atoms with E-state index in [1.54, 1.807) is 17.5 Å². The summed E-state index contributed by atoms with van der Waals surface area (Å²) in [6.07, 6.45) is 4.43. The number of aromatic nitrogens is 2. The summed E-state index contributed by atoms with van der Waals surface area (Å²) in [6, 6.07) is 1.95. The summed E-state index contributed by atoms with van der Waals surface area (Å²) in [7, 11) is 0. The lowest BCUT2D eigenvalue weighted by Gasteiger charge is -2.11. The number of hydrogen-bond donors (Lipinski definition) is 1. The molecule has 1 N–H and O–H groups in total. The summed E-state index contributed by atoms with van der Waals surface area (Å²) < 4.78 is 0. The van der Waals surface area contributed by atoms with E-state index in [9.17, 15) is 4.79 Å². The summed E-state index contributed by atoms with van der Waals surface area (Å²) in [5, 5.41) is 8.88. The molecule has 0 unspecified atom stereocenters. The highest BCUT2D eigenvalue weighted by Gasteiger charge is 2.22. The van der Waals surface area contributed by atoms with Gasteiger partial charge >= 0.3 is 0 Å². The molecule has 4 heteroatoms. The first kappa shape index (κ1) is 8.85. The Hall–Kier alpha value is -1.42. The number of nitrogens with zero attached hydrogens (tertiary/aromatic N) is 1. The number of Topliss-reactive ketones (excluding diaryl/α,β-unsaturated/α-hetero) is 1. The first-order valence-electron chi connectivity index (χ1n) is 4.99. The van der Waals surface area contributed by atoms with Crippen LogP contribution in [0.15, 0.2) is 17.6 Å². The van der Waals surface area contributed by atoms with Gasteiger partial charge in [0.25, 0.3) is 0 Å². The molecule has 0 amide bonds. The topological polar surface area (TPSA) is 45.8 Å². The Bertz CT molecular complexity index is 499. The molecule has 2 heterocycles. The van der Waals surface area contributed by atoms with Gasteiger partial charge in [0.2, 0.25) is 0 Å². The predicted octanol–water partition coefficient (Wildman–Crippen LogP) is 2.66. The van der Waals surface area contributed by atoms with Gasteiger partial charge in [-0.05, 0) is 24.5 Å². The van der Waals surface area contributed by atoms with E-state index < -0.39 is 0 Å². The van der Waals surface area contributed by atoms with E-state index in [0.717, 1.165) is 24.1 Å². The van der Waals surface area contributed by atoms with Crippen LogP contribution in [0.2, 0.25) is 0 Å². The van der Waals surface area contributed by atoms with Crippen molar-refractivity contribution in [2.45, 2.75) is 19.3 Å². The molecule has 2 aromatic rings. The van der Waals surface area contributed by atoms with Crippen LogP contribution in [-0.4, -0.2) is 16.0 Å². The molecule has 3 nitrogen and oxygen atoms in total. The van der Waals surface area contributed by atoms with E-state index in [0.29, 0.717) is 12.2 Å². The summed E-state index contributed by atoms with van der Waals surface area (Å²) in [5.41, 5.74) is 3.16. The van der Waals surface area contributed by atoms with Crippen molar-refractivity contribution in [2.24, 2.45) is 0 Å². The maximum atomic E-state index is 11.6. The van der Waals surface area contributed by atoms with Gasteiger partial charge in [0.05, 0.1) is 10.6 Å². The highest BCUT2D eigenvalue weighted by molar-refractivity contribution is 7.14. The minimum absolute atomic E-state index is 0.290. The van der Waals surface area contributed by atoms with Gasteiger partial charge in [-0.3, -0.25) is 9.89 Å². The largest absolute Gasteiger partial charge is 0.294 e. The van der Waals surface area contributed by atoms with Crippen LogP contribution >= 0.6 is 11.3 Å². The van der Waals surface area contributed by atoms with Gasteiger partial charge in [0.1, 0.15) is 0 Å². The first-order chi connectivity index (χ1) is 7.36. The average Bonchev–Trinajstić information content (AvgIpc) is 2.85. The zero-order chi connectivity index (χ0) is 10.3. The van der Waals surface area contributed by atoms with Crippen LogP contribution in [0, 0.1) is 0 Å². The fourth-order valence-electron chi connectivity index (χ4n) is 2.03. The SMILES string of the molecule is O=C1CCCc2c1csc2-c1ccn[nH]1. The molecule has 0 spiro atoms. The lowest BCUT2D eigenvalue weighted by Crippen LogP contribution is -2.08. The molecule has 0 fully saturated rings. The number of H-pyrrole nitrogens is 1. The minimum atomic E-state index is 0.290. The van der Waals surface area contributed by atoms with E-state index >= 15 is 0 Å². The van der Waals surface area contributed by atoms with Crippen molar-refractivity contribution >= 4 is 17.1 Å². The number of carbonyl (C=O) groups is 1. The van der Waals surface area contributed by atoms with Crippen LogP contribution in [0.3, 0.4) is 0 Å². The van der Waals surface area contributed by atoms with E-state index in [1.165, 1.54) is 10.4 Å². The Morgan fingerprint density at radius 1 is 1.40 bits per heavy atom. The molecular formula is C11H10N2OS. The summed E-state index contributed by atoms with van der Waals surface area (Å²) >= 11 is 1.63. The van der Waals surface area contributed by atoms with E-state index in [-0.39, 0.29) is 0 Å². The molecule has 2 aromatic heterocycles. The van der Waals surface area contributed by atoms with Gasteiger partial charge in [-0.25, -0.2) is 0 Å². The first-order valence-corrected chi connectivity index (χ1v) is 5.87. The molecule has 76 valence electrons. The third-order valence-electron chi connectivity index (χ3n) is 2.77. The number of nitrogens with one attached hydrogen (secondary N) is 1. The van der Waals surface area contributed by atoms with E-state index in [1.807, 2.05) is 11.4 Å². The third-order valence-corrected chi connectivity index (χ3v) is 3.83. The maximum Gasteiger partial charge on any atom is 0.164 e. The molecule has 15 heavy (non-hydrogen) atoms. The quantitative estimate of drug-likeness (QED) is 0.799. The third kappa shape index (κ3) is 1.33. The van der Waals surface area contributed by atoms with Gasteiger partial charge in [0, 0.05) is 23.6 Å². The lowest BCUT2D eigenvalue weighted by molar-refractivity contribution is 0.0973. The molecule has 1 aliphatic rings. The van der Waals surface area contributed by atoms with Crippen molar-refractivity contribution in [3.63, 3.8) is 0 Å². The molecule has 0 bridgehead atoms. The number of hydrogen-bond acceptors (Lipinski definition) is 3. The van der Waals surface area contributed by atoms with Crippen molar-refractivity contribution in [3.05, 3.63) is 28.8 Å². The number of rotatable bonds is 1. The zero-order valence-corrected chi connectivity index (χ0v) is 8.93. The van der Waals surface area contributed by atoms with Gasteiger partial charge in [-0.15, -0.1) is 11.3 Å². The van der Waals surface area contributed by atoms with Crippen LogP contribution in [0.4, 0.5) is 0 Å². The van der Waals surface area contributed by atoms with E-state index in [4.69, 9.17) is 0 Å². The molecule has 0 aliphatic heterocycles. The van der Waals surface area contributed by atoms with E-state index in [2.05, 4.69) is 10.2 Å². The van der Waals surface area contributed by atoms with Gasteiger partial charge in [-0.2, -0.15) is 5.10 Å². The molecule has 0 radical (unpaired) electrons. The standard InChI is InChI=1S/C11H10N2OS/c14-10-3-1-2-7-8(10)6-15-11(7)9-4-5-12-13-9/h4-6H,1-3H2,(H,12,13). The fraction of sp³-hybridized carbons (Fsp3) is 0.273. The Kier molecular flexibility index (Phi) is 1.95. The molecule has 3 rings (SSSR count). The normalized spacial score (nSPS) is 15.3. The Morgan fingerprint density at radius 2 is 2.33 bits per heavy atom. The fourth-order valence-corrected chi connectivity index (χ4v) is 3.14. The minimum Gasteiger partial charge on any atom is -0.294 e. The summed E-state index contributed by atoms with van der Waals surface area (Å²) in [6.45, 7) is 0. The van der Waals surface area contributed by atoms with Crippen LogP contribution in [-0.2, 0) is 6.42 Å². The lowest BCUT2D eigenvalue weighted by atomic mass is 9.92. The molecule has 1 aliphatic carbocycles. The van der Waals surface area contributed by atoms with Crippen LogP contribution in [0.1, 0.15) is 28.8 Å². The van der Waals surface area contributed by atoms with Crippen molar-refractivity contribution in [1.82, 2.24) is 10.2 Å². The van der Waals surface area contributed by atoms with Gasteiger partial charge in [-0.1, -0.05) is 0 Å². The van der Waals surface area contributed by atoms with Crippen molar-refractivity contribution < 1.29 is 4.79 Å². The molecule has 0 saturated carbocycles. The second-order valence-electron chi connectivity index (χ2n) is 3.70. The highest BCUT2D eigenvalue weighted by Crippen LogP contribution is 2.35. The highest BCUT2D eigenvalue weighted by atomic mass is 32.1. The molecule has 0 atom stereocenters. The molecule has 0 saturated heterocycles. The second-order valence-corrected chi connectivity index (χ2v) is 4.58. The number of aromatic amines is 1. The van der Waals surface area contributed by atoms with Crippen LogP contribution in [0.25, 0.3) is 10.6 Å². The van der Waals surface area contributed by atoms with Crippen molar-refractivity contribution in [2.75, 3.05) is 0 Å². The summed E-state index contributed by atoms with van der Waals surface area (Å²) in [5.74, 6) is 0.290. The predicted molar refractivity (Wildman–Crippen MR) is 59.2 cm³/mol.